The van der Waals surface area contributed by atoms with Gasteiger partial charge in [0.05, 0.1) is 12.1 Å². The van der Waals surface area contributed by atoms with Crippen LogP contribution in [0.4, 0.5) is 0 Å². The first-order valence-corrected chi connectivity index (χ1v) is 11.0. The largest absolute Gasteiger partial charge is 0.483 e. The monoisotopic (exact) mass is 458 g/mol. The molecule has 4 rings (SSSR count). The summed E-state index contributed by atoms with van der Waals surface area (Å²) in [5.74, 6) is 1.42. The number of benzene rings is 1. The molecule has 0 radical (unpaired) electrons. The van der Waals surface area contributed by atoms with Crippen LogP contribution in [0.5, 0.6) is 11.5 Å². The van der Waals surface area contributed by atoms with Crippen LogP contribution < -0.4 is 20.1 Å². The second-order valence-electron chi connectivity index (χ2n) is 8.14. The zero-order chi connectivity index (χ0) is 23.6. The Balaban J connectivity index is 0.000000968. The maximum absolute atomic E-state index is 12.5. The highest BCUT2D eigenvalue weighted by Crippen LogP contribution is 2.32. The third kappa shape index (κ3) is 7.51. The van der Waals surface area contributed by atoms with Gasteiger partial charge in [0.1, 0.15) is 0 Å². The summed E-state index contributed by atoms with van der Waals surface area (Å²) < 4.78 is 12.5. The molecule has 0 saturated heterocycles. The van der Waals surface area contributed by atoms with Crippen molar-refractivity contribution in [3.05, 3.63) is 41.7 Å². The summed E-state index contributed by atoms with van der Waals surface area (Å²) in [5.41, 5.74) is 1.84. The normalized spacial score (nSPS) is 18.6. The van der Waals surface area contributed by atoms with Crippen molar-refractivity contribution in [3.63, 3.8) is 0 Å². The molecule has 1 aliphatic carbocycles. The highest BCUT2D eigenvalue weighted by atomic mass is 16.7. The standard InChI is InChI=1S/C22H28N4O4.CH2O2/c1-15-7-9-26(25-15)10-8-21(27)23-17-3-2-4-18(13-17)24-22(28)12-16-5-6-19-20(11-16)30-14-29-19;2-1-3/h5-7,9,11,17-18H,2-4,8,10,12-14H2,1H3,(H,23,27)(H,24,28);1H,(H,2,3)/t17-,18-;/m1./s1. The smallest absolute Gasteiger partial charge is 0.290 e. The summed E-state index contributed by atoms with van der Waals surface area (Å²) in [6, 6.07) is 7.68. The number of carbonyl (C=O) groups is 3. The minimum Gasteiger partial charge on any atom is -0.483 e. The quantitative estimate of drug-likeness (QED) is 0.539. The van der Waals surface area contributed by atoms with Crippen LogP contribution in [0.25, 0.3) is 0 Å². The Labute approximate surface area is 192 Å². The van der Waals surface area contributed by atoms with Gasteiger partial charge in [-0.05, 0) is 56.4 Å². The Morgan fingerprint density at radius 3 is 2.55 bits per heavy atom. The van der Waals surface area contributed by atoms with Crippen molar-refractivity contribution >= 4 is 18.3 Å². The van der Waals surface area contributed by atoms with E-state index in [1.807, 2.05) is 37.4 Å². The van der Waals surface area contributed by atoms with Crippen LogP contribution in [0.2, 0.25) is 0 Å². The van der Waals surface area contributed by atoms with Gasteiger partial charge in [0.25, 0.3) is 6.47 Å². The van der Waals surface area contributed by atoms with Crippen molar-refractivity contribution in [3.8, 4) is 11.5 Å². The molecule has 2 aromatic rings. The van der Waals surface area contributed by atoms with Gasteiger partial charge in [-0.15, -0.1) is 0 Å². The molecule has 1 fully saturated rings. The van der Waals surface area contributed by atoms with E-state index in [-0.39, 0.29) is 37.2 Å². The highest BCUT2D eigenvalue weighted by molar-refractivity contribution is 5.79. The predicted molar refractivity (Wildman–Crippen MR) is 119 cm³/mol. The lowest BCUT2D eigenvalue weighted by atomic mass is 9.90. The minimum atomic E-state index is -0.250. The number of aromatic nitrogens is 2. The van der Waals surface area contributed by atoms with Gasteiger partial charge in [0.2, 0.25) is 18.6 Å². The molecular formula is C23H30N4O6. The van der Waals surface area contributed by atoms with E-state index < -0.39 is 0 Å². The number of nitrogens with zero attached hydrogens (tertiary/aromatic N) is 2. The van der Waals surface area contributed by atoms with Gasteiger partial charge in [0.15, 0.2) is 11.5 Å². The Hall–Kier alpha value is -3.56. The topological polar surface area (TPSA) is 132 Å². The number of rotatable bonds is 7. The maximum atomic E-state index is 12.5. The van der Waals surface area contributed by atoms with E-state index in [2.05, 4.69) is 15.7 Å². The first-order valence-electron chi connectivity index (χ1n) is 11.0. The summed E-state index contributed by atoms with van der Waals surface area (Å²) in [5, 5.41) is 17.4. The fourth-order valence-electron chi connectivity index (χ4n) is 4.07. The molecule has 33 heavy (non-hydrogen) atoms. The minimum absolute atomic E-state index is 0.0140. The highest BCUT2D eigenvalue weighted by Gasteiger charge is 2.24. The van der Waals surface area contributed by atoms with Gasteiger partial charge in [-0.3, -0.25) is 19.1 Å². The average Bonchev–Trinajstić information content (AvgIpc) is 3.41. The molecule has 2 aliphatic rings. The van der Waals surface area contributed by atoms with Crippen LogP contribution in [-0.4, -0.2) is 52.1 Å². The molecule has 1 aromatic heterocycles. The number of hydrogen-bond donors (Lipinski definition) is 3. The van der Waals surface area contributed by atoms with Gasteiger partial charge in [0, 0.05) is 31.2 Å². The third-order valence-corrected chi connectivity index (χ3v) is 5.55. The second-order valence-corrected chi connectivity index (χ2v) is 8.14. The molecule has 0 spiro atoms. The molecule has 2 amide bonds. The number of amides is 2. The van der Waals surface area contributed by atoms with Crippen LogP contribution in [0, 0.1) is 6.92 Å². The lowest BCUT2D eigenvalue weighted by molar-refractivity contribution is -0.123. The number of carbonyl (C=O) groups excluding carboxylic acids is 2. The summed E-state index contributed by atoms with van der Waals surface area (Å²) in [6.45, 7) is 2.48. The van der Waals surface area contributed by atoms with E-state index in [1.165, 1.54) is 0 Å². The number of nitrogens with one attached hydrogen (secondary N) is 2. The maximum Gasteiger partial charge on any atom is 0.290 e. The Morgan fingerprint density at radius 2 is 1.85 bits per heavy atom. The molecule has 0 unspecified atom stereocenters. The molecule has 10 heteroatoms. The van der Waals surface area contributed by atoms with Crippen LogP contribution in [0.15, 0.2) is 30.5 Å². The van der Waals surface area contributed by atoms with Crippen molar-refractivity contribution in [1.82, 2.24) is 20.4 Å². The lowest BCUT2D eigenvalue weighted by Crippen LogP contribution is -2.46. The molecule has 3 N–H and O–H groups in total. The zero-order valence-corrected chi connectivity index (χ0v) is 18.7. The predicted octanol–water partition coefficient (Wildman–Crippen LogP) is 1.80. The van der Waals surface area contributed by atoms with Crippen molar-refractivity contribution < 1.29 is 29.0 Å². The number of hydrogen-bond acceptors (Lipinski definition) is 6. The molecule has 178 valence electrons. The molecule has 10 nitrogen and oxygen atoms in total. The van der Waals surface area contributed by atoms with Gasteiger partial charge in [-0.2, -0.15) is 5.10 Å². The zero-order valence-electron chi connectivity index (χ0n) is 18.7. The fraction of sp³-hybridized carbons (Fsp3) is 0.478. The van der Waals surface area contributed by atoms with E-state index in [1.54, 1.807) is 4.68 Å². The first-order chi connectivity index (χ1) is 16.0. The third-order valence-electron chi connectivity index (χ3n) is 5.55. The Bertz CT molecular complexity index is 960. The van der Waals surface area contributed by atoms with E-state index in [4.69, 9.17) is 19.4 Å². The van der Waals surface area contributed by atoms with Gasteiger partial charge >= 0.3 is 0 Å². The Kier molecular flexibility index (Phi) is 8.68. The fourth-order valence-corrected chi connectivity index (χ4v) is 4.07. The molecule has 1 saturated carbocycles. The molecule has 2 atom stereocenters. The number of fused-ring (bicyclic) bond motifs is 1. The van der Waals surface area contributed by atoms with Gasteiger partial charge in [-0.25, -0.2) is 0 Å². The molecular weight excluding hydrogens is 428 g/mol. The number of aryl methyl sites for hydroxylation is 2. The Morgan fingerprint density at radius 1 is 1.15 bits per heavy atom. The van der Waals surface area contributed by atoms with Crippen molar-refractivity contribution in [1.29, 1.82) is 0 Å². The van der Waals surface area contributed by atoms with Crippen molar-refractivity contribution in [2.75, 3.05) is 6.79 Å². The molecule has 0 bridgehead atoms. The van der Waals surface area contributed by atoms with Crippen LogP contribution in [0.1, 0.15) is 43.4 Å². The van der Waals surface area contributed by atoms with Crippen LogP contribution >= 0.6 is 0 Å². The molecule has 2 heterocycles. The summed E-state index contributed by atoms with van der Waals surface area (Å²) in [4.78, 5) is 33.1. The second kappa shape index (κ2) is 11.9. The lowest BCUT2D eigenvalue weighted by Gasteiger charge is -2.30. The SMILES string of the molecule is Cc1ccn(CCC(=O)N[C@@H]2CCC[C@@H](NC(=O)Cc3ccc4c(c3)OCO4)C2)n1.O=CO. The van der Waals surface area contributed by atoms with Crippen LogP contribution in [0.3, 0.4) is 0 Å². The average molecular weight is 459 g/mol. The van der Waals surface area contributed by atoms with Crippen LogP contribution in [-0.2, 0) is 27.3 Å². The summed E-state index contributed by atoms with van der Waals surface area (Å²) >= 11 is 0. The van der Waals surface area contributed by atoms with E-state index >= 15 is 0 Å². The molecule has 1 aliphatic heterocycles. The van der Waals surface area contributed by atoms with Gasteiger partial charge < -0.3 is 25.2 Å². The number of carboxylic acid groups (broad SMARTS) is 1. The van der Waals surface area contributed by atoms with Gasteiger partial charge in [-0.1, -0.05) is 6.07 Å². The van der Waals surface area contributed by atoms with E-state index in [0.717, 1.165) is 36.9 Å². The summed E-state index contributed by atoms with van der Waals surface area (Å²) in [6.07, 6.45) is 6.21. The van der Waals surface area contributed by atoms with E-state index in [0.29, 0.717) is 30.9 Å². The summed E-state index contributed by atoms with van der Waals surface area (Å²) in [7, 11) is 0. The number of ether oxygens (including phenoxy) is 2. The first kappa shape index (κ1) is 24.1. The van der Waals surface area contributed by atoms with E-state index in [9.17, 15) is 9.59 Å². The van der Waals surface area contributed by atoms with Crippen molar-refractivity contribution in [2.24, 2.45) is 0 Å². The van der Waals surface area contributed by atoms with Crippen molar-refractivity contribution in [2.45, 2.75) is 64.1 Å². The molecule has 1 aromatic carbocycles.